The molecule has 0 bridgehead atoms. The Bertz CT molecular complexity index is 231. The summed E-state index contributed by atoms with van der Waals surface area (Å²) in [7, 11) is 5.57. The molecule has 0 fully saturated rings. The number of aryl methyl sites for hydroxylation is 1. The highest BCUT2D eigenvalue weighted by molar-refractivity contribution is 7.37. The SMILES string of the molecule is Cc1cccc(CC(P)P)c1. The Kier molecular flexibility index (Phi) is 3.49. The Morgan fingerprint density at radius 3 is 2.64 bits per heavy atom. The molecule has 0 amide bonds. The van der Waals surface area contributed by atoms with Crippen LogP contribution in [0.15, 0.2) is 24.3 Å². The quantitative estimate of drug-likeness (QED) is 0.620. The second kappa shape index (κ2) is 4.19. The first-order chi connectivity index (χ1) is 5.18. The molecule has 0 aliphatic rings. The van der Waals surface area contributed by atoms with Gasteiger partial charge in [0.2, 0.25) is 0 Å². The third-order valence-corrected chi connectivity index (χ3v) is 2.03. The molecular formula is C9H14P2. The zero-order valence-electron chi connectivity index (χ0n) is 6.75. The van der Waals surface area contributed by atoms with Gasteiger partial charge in [-0.3, -0.25) is 0 Å². The molecule has 0 N–H and O–H groups in total. The summed E-state index contributed by atoms with van der Waals surface area (Å²) < 4.78 is 0. The van der Waals surface area contributed by atoms with Gasteiger partial charge in [-0.15, -0.1) is 18.5 Å². The molecule has 0 spiro atoms. The summed E-state index contributed by atoms with van der Waals surface area (Å²) in [6.45, 7) is 2.13. The van der Waals surface area contributed by atoms with E-state index in [1.165, 1.54) is 11.1 Å². The van der Waals surface area contributed by atoms with Gasteiger partial charge in [0.05, 0.1) is 0 Å². The molecule has 0 nitrogen and oxygen atoms in total. The van der Waals surface area contributed by atoms with Crippen LogP contribution in [0.25, 0.3) is 0 Å². The Morgan fingerprint density at radius 1 is 1.36 bits per heavy atom. The van der Waals surface area contributed by atoms with Gasteiger partial charge in [0.15, 0.2) is 0 Å². The topological polar surface area (TPSA) is 0 Å². The van der Waals surface area contributed by atoms with Crippen molar-refractivity contribution in [2.75, 3.05) is 0 Å². The normalized spacial score (nSPS) is 10.5. The highest BCUT2D eigenvalue weighted by Gasteiger charge is 1.96. The van der Waals surface area contributed by atoms with Crippen LogP contribution < -0.4 is 0 Å². The summed E-state index contributed by atoms with van der Waals surface area (Å²) in [5.41, 5.74) is 2.76. The molecule has 0 aliphatic carbocycles. The fraction of sp³-hybridized carbons (Fsp3) is 0.333. The Morgan fingerprint density at radius 2 is 2.09 bits per heavy atom. The fourth-order valence-corrected chi connectivity index (χ4v) is 1.66. The van der Waals surface area contributed by atoms with Crippen LogP contribution in [0.4, 0.5) is 0 Å². The van der Waals surface area contributed by atoms with Crippen molar-refractivity contribution >= 4 is 18.5 Å². The molecule has 0 aromatic heterocycles. The summed E-state index contributed by atoms with van der Waals surface area (Å²) >= 11 is 0. The van der Waals surface area contributed by atoms with Gasteiger partial charge in [-0.2, -0.15) is 0 Å². The van der Waals surface area contributed by atoms with Crippen molar-refractivity contribution in [3.63, 3.8) is 0 Å². The zero-order valence-corrected chi connectivity index (χ0v) is 9.06. The van der Waals surface area contributed by atoms with E-state index in [1.807, 2.05) is 0 Å². The first kappa shape index (κ1) is 9.17. The number of benzene rings is 1. The van der Waals surface area contributed by atoms with Crippen LogP contribution in [-0.2, 0) is 6.42 Å². The maximum absolute atomic E-state index is 2.79. The fourth-order valence-electron chi connectivity index (χ4n) is 1.11. The molecule has 2 heteroatoms. The van der Waals surface area contributed by atoms with E-state index in [0.29, 0.717) is 5.40 Å². The number of rotatable bonds is 2. The average molecular weight is 184 g/mol. The largest absolute Gasteiger partial charge is 0.130 e. The molecule has 0 radical (unpaired) electrons. The van der Waals surface area contributed by atoms with Crippen molar-refractivity contribution in [3.05, 3.63) is 35.4 Å². The predicted octanol–water partition coefficient (Wildman–Crippen LogP) is 2.61. The third kappa shape index (κ3) is 3.32. The van der Waals surface area contributed by atoms with Crippen LogP contribution in [-0.4, -0.2) is 5.40 Å². The van der Waals surface area contributed by atoms with E-state index in [9.17, 15) is 0 Å². The molecule has 2 atom stereocenters. The molecule has 0 heterocycles. The lowest BCUT2D eigenvalue weighted by atomic mass is 10.1. The van der Waals surface area contributed by atoms with Crippen molar-refractivity contribution in [2.45, 2.75) is 18.7 Å². The van der Waals surface area contributed by atoms with Crippen LogP contribution in [0.3, 0.4) is 0 Å². The maximum atomic E-state index is 2.79. The summed E-state index contributed by atoms with van der Waals surface area (Å²) in [5.74, 6) is 0. The molecule has 1 aromatic rings. The average Bonchev–Trinajstić information content (AvgIpc) is 1.85. The Hall–Kier alpha value is 0.0800. The first-order valence-electron chi connectivity index (χ1n) is 3.75. The molecule has 1 aromatic carbocycles. The lowest BCUT2D eigenvalue weighted by molar-refractivity contribution is 1.10. The number of hydrogen-bond acceptors (Lipinski definition) is 0. The molecular weight excluding hydrogens is 170 g/mol. The van der Waals surface area contributed by atoms with Gasteiger partial charge < -0.3 is 0 Å². The van der Waals surface area contributed by atoms with E-state index in [2.05, 4.69) is 49.7 Å². The minimum Gasteiger partial charge on any atom is -0.130 e. The standard InChI is InChI=1S/C9H14P2/c1-7-3-2-4-8(5-7)6-9(10)11/h2-5,9H,6,10-11H2,1H3. The van der Waals surface area contributed by atoms with Gasteiger partial charge in [-0.05, 0) is 24.3 Å². The Labute approximate surface area is 73.2 Å². The van der Waals surface area contributed by atoms with Crippen molar-refractivity contribution in [3.8, 4) is 0 Å². The van der Waals surface area contributed by atoms with E-state index in [4.69, 9.17) is 0 Å². The van der Waals surface area contributed by atoms with E-state index < -0.39 is 0 Å². The molecule has 60 valence electrons. The van der Waals surface area contributed by atoms with E-state index in [1.54, 1.807) is 0 Å². The van der Waals surface area contributed by atoms with E-state index in [0.717, 1.165) is 6.42 Å². The molecule has 2 unspecified atom stereocenters. The first-order valence-corrected chi connectivity index (χ1v) is 5.08. The van der Waals surface area contributed by atoms with Crippen LogP contribution in [0.1, 0.15) is 11.1 Å². The minimum absolute atomic E-state index is 0.594. The van der Waals surface area contributed by atoms with Gasteiger partial charge in [0, 0.05) is 0 Å². The summed E-state index contributed by atoms with van der Waals surface area (Å²) in [4.78, 5) is 0. The molecule has 0 saturated heterocycles. The molecule has 1 rings (SSSR count). The van der Waals surface area contributed by atoms with Crippen molar-refractivity contribution in [1.29, 1.82) is 0 Å². The predicted molar refractivity (Wildman–Crippen MR) is 58.1 cm³/mol. The van der Waals surface area contributed by atoms with Gasteiger partial charge in [-0.25, -0.2) is 0 Å². The zero-order chi connectivity index (χ0) is 8.27. The monoisotopic (exact) mass is 184 g/mol. The maximum Gasteiger partial charge on any atom is -0.00778 e. The third-order valence-electron chi connectivity index (χ3n) is 1.55. The van der Waals surface area contributed by atoms with Crippen molar-refractivity contribution < 1.29 is 0 Å². The van der Waals surface area contributed by atoms with Gasteiger partial charge in [0.1, 0.15) is 0 Å². The molecule has 11 heavy (non-hydrogen) atoms. The van der Waals surface area contributed by atoms with Gasteiger partial charge in [-0.1, -0.05) is 29.8 Å². The van der Waals surface area contributed by atoms with Crippen LogP contribution in [0.5, 0.6) is 0 Å². The lowest BCUT2D eigenvalue weighted by Gasteiger charge is -2.04. The summed E-state index contributed by atoms with van der Waals surface area (Å²) in [6, 6.07) is 8.65. The van der Waals surface area contributed by atoms with Crippen LogP contribution in [0, 0.1) is 6.92 Å². The molecule has 0 saturated carbocycles. The van der Waals surface area contributed by atoms with E-state index in [-0.39, 0.29) is 0 Å². The second-order valence-corrected chi connectivity index (χ2v) is 5.34. The van der Waals surface area contributed by atoms with Gasteiger partial charge >= 0.3 is 0 Å². The second-order valence-electron chi connectivity index (χ2n) is 2.86. The minimum atomic E-state index is 0.594. The van der Waals surface area contributed by atoms with Crippen molar-refractivity contribution in [2.24, 2.45) is 0 Å². The molecule has 0 aliphatic heterocycles. The Balaban J connectivity index is 2.71. The van der Waals surface area contributed by atoms with Crippen LogP contribution in [0.2, 0.25) is 0 Å². The number of hydrogen-bond donors (Lipinski definition) is 0. The lowest BCUT2D eigenvalue weighted by Crippen LogP contribution is -1.92. The highest BCUT2D eigenvalue weighted by Crippen LogP contribution is 2.16. The van der Waals surface area contributed by atoms with Crippen LogP contribution >= 0.6 is 18.5 Å². The smallest absolute Gasteiger partial charge is 0.00778 e. The van der Waals surface area contributed by atoms with Crippen molar-refractivity contribution in [1.82, 2.24) is 0 Å². The summed E-state index contributed by atoms with van der Waals surface area (Å²) in [6.07, 6.45) is 1.12. The van der Waals surface area contributed by atoms with Gasteiger partial charge in [0.25, 0.3) is 0 Å². The summed E-state index contributed by atoms with van der Waals surface area (Å²) in [5, 5.41) is 0.594. The van der Waals surface area contributed by atoms with E-state index >= 15 is 0 Å². The highest BCUT2D eigenvalue weighted by atomic mass is 31.1.